The quantitative estimate of drug-likeness (QED) is 0.0244. The zero-order chi connectivity index (χ0) is 45.1. The number of hydrogen-bond acceptors (Lipinski definition) is 13. The molecule has 7 N–H and O–H groups in total. The van der Waals surface area contributed by atoms with Crippen molar-refractivity contribution in [2.75, 3.05) is 83.6 Å². The normalized spacial score (nSPS) is 12.7. The van der Waals surface area contributed by atoms with Crippen LogP contribution in [0, 0.1) is 0 Å². The summed E-state index contributed by atoms with van der Waals surface area (Å²) >= 11 is 1.32. The van der Waals surface area contributed by atoms with Gasteiger partial charge in [0.05, 0.1) is 0 Å². The molecule has 18 heteroatoms. The maximum Gasteiger partial charge on any atom is 0.407 e. The molecule has 362 valence electrons. The molecule has 0 saturated carbocycles. The number of thioether (sulfide) groups is 1. The Morgan fingerprint density at radius 3 is 1.56 bits per heavy atom. The molecule has 2 atom stereocenters. The molecule has 0 saturated heterocycles. The molecule has 0 rings (SSSR count). The minimum Gasteiger partial charge on any atom is -0.442 e. The first-order valence-electron chi connectivity index (χ1n) is 23.4. The van der Waals surface area contributed by atoms with Crippen LogP contribution in [-0.2, 0) is 33.3 Å². The first-order valence-corrected chi connectivity index (χ1v) is 26.6. The smallest absolute Gasteiger partial charge is 0.407 e. The van der Waals surface area contributed by atoms with Crippen LogP contribution >= 0.6 is 19.7 Å². The zero-order valence-electron chi connectivity index (χ0n) is 38.1. The maximum absolute atomic E-state index is 13.3. The van der Waals surface area contributed by atoms with Gasteiger partial charge in [-0.1, -0.05) is 130 Å². The van der Waals surface area contributed by atoms with E-state index < -0.39 is 32.3 Å². The van der Waals surface area contributed by atoms with Gasteiger partial charge in [0.2, 0.25) is 11.8 Å². The molecular weight excluding hydrogens is 828 g/mol. The van der Waals surface area contributed by atoms with Crippen LogP contribution in [-0.4, -0.2) is 134 Å². The minimum atomic E-state index is -4.10. The maximum atomic E-state index is 13.3. The number of alkyl carbamates (subject to hydrolysis) is 2. The second-order valence-electron chi connectivity index (χ2n) is 15.5. The molecule has 0 aromatic carbocycles. The van der Waals surface area contributed by atoms with Crippen molar-refractivity contribution in [1.82, 2.24) is 21.3 Å². The van der Waals surface area contributed by atoms with Crippen molar-refractivity contribution >= 4 is 43.7 Å². The van der Waals surface area contributed by atoms with E-state index in [2.05, 4.69) is 42.0 Å². The van der Waals surface area contributed by atoms with Crippen LogP contribution < -0.4 is 21.3 Å². The van der Waals surface area contributed by atoms with Gasteiger partial charge in [0.15, 0.2) is 0 Å². The van der Waals surface area contributed by atoms with Gasteiger partial charge in [0, 0.05) is 31.0 Å². The largest absolute Gasteiger partial charge is 0.442 e. The van der Waals surface area contributed by atoms with E-state index in [-0.39, 0.29) is 82.3 Å². The second-order valence-corrected chi connectivity index (χ2v) is 18.7. The Labute approximate surface area is 372 Å². The molecule has 0 aliphatic heterocycles. The van der Waals surface area contributed by atoms with E-state index in [1.54, 1.807) is 0 Å². The summed E-state index contributed by atoms with van der Waals surface area (Å²) < 4.78 is 27.3. The Balaban J connectivity index is 5.05. The average Bonchev–Trinajstić information content (AvgIpc) is 3.22. The molecular formula is C43H87N4O12PS. The molecule has 0 aromatic rings. The summed E-state index contributed by atoms with van der Waals surface area (Å²) in [5.74, 6) is -0.159. The zero-order valence-corrected chi connectivity index (χ0v) is 39.9. The molecule has 0 radical (unpaired) electrons. The Bertz CT molecular complexity index is 1060. The van der Waals surface area contributed by atoms with E-state index >= 15 is 0 Å². The van der Waals surface area contributed by atoms with Gasteiger partial charge in [-0.3, -0.25) is 9.59 Å². The number of amides is 4. The number of nitrogens with one attached hydrogen (secondary N) is 4. The third kappa shape index (κ3) is 43.1. The molecule has 4 amide bonds. The Hall–Kier alpha value is -1.98. The van der Waals surface area contributed by atoms with Gasteiger partial charge in [-0.25, -0.2) is 9.59 Å². The molecule has 0 unspecified atom stereocenters. The molecule has 0 heterocycles. The third-order valence-corrected chi connectivity index (χ3v) is 11.7. The SMILES string of the molecule is CCCCCCCCCCNC(=O)OC[C@H](CSC[C@H](NC(=O)CCCCCC)C(=O)NCCOCCOCCOCC[PH](O)(O)O)OC(=O)NCCCCCCCCCC. The van der Waals surface area contributed by atoms with Gasteiger partial charge < -0.3 is 25.4 Å². The minimum absolute atomic E-state index is 0.0195. The Morgan fingerprint density at radius 1 is 0.541 bits per heavy atom. The van der Waals surface area contributed by atoms with E-state index in [1.807, 2.05) is 0 Å². The molecule has 0 aliphatic carbocycles. The van der Waals surface area contributed by atoms with Gasteiger partial charge >= 0.3 is 107 Å². The summed E-state index contributed by atoms with van der Waals surface area (Å²) in [4.78, 5) is 78.4. The Morgan fingerprint density at radius 2 is 1.02 bits per heavy atom. The van der Waals surface area contributed by atoms with Crippen molar-refractivity contribution in [2.24, 2.45) is 0 Å². The number of ether oxygens (including phenoxy) is 5. The summed E-state index contributed by atoms with van der Waals surface area (Å²) in [5.41, 5.74) is 0. The van der Waals surface area contributed by atoms with Crippen LogP contribution in [0.3, 0.4) is 0 Å². The van der Waals surface area contributed by atoms with E-state index in [4.69, 9.17) is 38.4 Å². The topological polar surface area (TPSA) is 223 Å². The molecule has 0 bridgehead atoms. The van der Waals surface area contributed by atoms with Crippen molar-refractivity contribution < 1.29 is 57.5 Å². The van der Waals surface area contributed by atoms with Gasteiger partial charge in [0.1, 0.15) is 18.8 Å². The fourth-order valence-corrected chi connectivity index (χ4v) is 7.48. The van der Waals surface area contributed by atoms with E-state index in [9.17, 15) is 19.2 Å². The number of rotatable bonds is 44. The number of carbonyl (C=O) groups is 4. The van der Waals surface area contributed by atoms with E-state index in [0.29, 0.717) is 19.5 Å². The van der Waals surface area contributed by atoms with Crippen molar-refractivity contribution in [1.29, 1.82) is 0 Å². The van der Waals surface area contributed by atoms with Gasteiger partial charge in [0.25, 0.3) is 0 Å². The average molecular weight is 915 g/mol. The predicted molar refractivity (Wildman–Crippen MR) is 246 cm³/mol. The standard InChI is InChI=1S/C43H87N4O12PS/c1-4-7-10-13-15-17-19-22-25-45-42(50)58-35-38(59-43(51)46-26-23-20-18-16-14-11-8-5-2)36-61-37-39(47-40(48)24-21-12-9-6-3)41(49)44-27-28-55-29-30-56-31-32-57-33-34-60(52,53)54/h38-39,52-54,60H,4-37H2,1-3H3,(H,44,49)(H,45,50)(H,46,51)(H,47,48)/t38-,39+/m1/s1. The van der Waals surface area contributed by atoms with Crippen LogP contribution in [0.1, 0.15) is 156 Å². The van der Waals surface area contributed by atoms with Gasteiger partial charge in [-0.2, -0.15) is 11.8 Å². The van der Waals surface area contributed by atoms with E-state index in [1.165, 1.54) is 76.0 Å². The van der Waals surface area contributed by atoms with Crippen LogP contribution in [0.4, 0.5) is 9.59 Å². The number of carbonyl (C=O) groups excluding carboxylic acids is 4. The summed E-state index contributed by atoms with van der Waals surface area (Å²) in [5, 5.41) is 11.3. The van der Waals surface area contributed by atoms with Crippen molar-refractivity contribution in [2.45, 2.75) is 168 Å². The molecule has 0 spiro atoms. The first-order chi connectivity index (χ1) is 29.5. The number of unbranched alkanes of at least 4 members (excludes halogenated alkanes) is 17. The summed E-state index contributed by atoms with van der Waals surface area (Å²) in [6.45, 7) is 8.84. The molecule has 16 nitrogen and oxygen atoms in total. The van der Waals surface area contributed by atoms with Gasteiger partial charge in [-0.15, -0.1) is 0 Å². The van der Waals surface area contributed by atoms with Crippen LogP contribution in [0.15, 0.2) is 0 Å². The summed E-state index contributed by atoms with van der Waals surface area (Å²) in [6.07, 6.45) is 20.3. The second kappa shape index (κ2) is 43.3. The Kier molecular flexibility index (Phi) is 41.9. The number of hydrogen-bond donors (Lipinski definition) is 7. The molecule has 0 fully saturated rings. The van der Waals surface area contributed by atoms with E-state index in [0.717, 1.165) is 64.2 Å². The monoisotopic (exact) mass is 915 g/mol. The van der Waals surface area contributed by atoms with Crippen LogP contribution in [0.5, 0.6) is 0 Å². The van der Waals surface area contributed by atoms with Crippen LogP contribution in [0.2, 0.25) is 0 Å². The molecule has 0 aromatic heterocycles. The summed E-state index contributed by atoms with van der Waals surface area (Å²) in [7, 11) is -4.10. The summed E-state index contributed by atoms with van der Waals surface area (Å²) in [6, 6.07) is -0.852. The fourth-order valence-electron chi connectivity index (χ4n) is 6.03. The predicted octanol–water partition coefficient (Wildman–Crippen LogP) is 6.92. The van der Waals surface area contributed by atoms with Gasteiger partial charge in [-0.05, 0) is 19.3 Å². The molecule has 61 heavy (non-hydrogen) atoms. The first kappa shape index (κ1) is 59.0. The fraction of sp³-hybridized carbons (Fsp3) is 0.907. The van der Waals surface area contributed by atoms with Crippen LogP contribution in [0.25, 0.3) is 0 Å². The van der Waals surface area contributed by atoms with Crippen molar-refractivity contribution in [3.8, 4) is 0 Å². The van der Waals surface area contributed by atoms with Crippen molar-refractivity contribution in [3.63, 3.8) is 0 Å². The third-order valence-electron chi connectivity index (χ3n) is 9.64. The molecule has 0 aliphatic rings. The van der Waals surface area contributed by atoms with Crippen molar-refractivity contribution in [3.05, 3.63) is 0 Å².